The highest BCUT2D eigenvalue weighted by atomic mass is 35.5. The highest BCUT2D eigenvalue weighted by Gasteiger charge is 2.23. The summed E-state index contributed by atoms with van der Waals surface area (Å²) in [6, 6.07) is 6.23. The number of rotatable bonds is 4. The van der Waals surface area contributed by atoms with Gasteiger partial charge < -0.3 is 9.69 Å². The highest BCUT2D eigenvalue weighted by Crippen LogP contribution is 2.14. The monoisotopic (exact) mass is 253 g/mol. The molecule has 0 saturated heterocycles. The first kappa shape index (κ1) is 13.7. The van der Waals surface area contributed by atoms with Crippen LogP contribution in [0.4, 0.5) is 0 Å². The molecule has 0 aliphatic heterocycles. The van der Waals surface area contributed by atoms with E-state index in [1.165, 1.54) is 4.90 Å². The summed E-state index contributed by atoms with van der Waals surface area (Å²) in [4.78, 5) is 24.5. The van der Waals surface area contributed by atoms with Crippen LogP contribution in [-0.4, -0.2) is 30.2 Å². The number of halogens is 1. The van der Waals surface area contributed by atoms with Crippen LogP contribution in [0.25, 0.3) is 0 Å². The molecule has 0 spiro atoms. The summed E-state index contributed by atoms with van der Waals surface area (Å²) in [7, 11) is 1.63. The molecular formula is C13H16ClNO2. The Morgan fingerprint density at radius 2 is 1.82 bits per heavy atom. The fourth-order valence-corrected chi connectivity index (χ4v) is 1.75. The highest BCUT2D eigenvalue weighted by molar-refractivity contribution is 6.30. The maximum absolute atomic E-state index is 12.1. The van der Waals surface area contributed by atoms with Crippen LogP contribution in [-0.2, 0) is 4.79 Å². The quantitative estimate of drug-likeness (QED) is 0.774. The molecule has 1 aromatic rings. The summed E-state index contributed by atoms with van der Waals surface area (Å²) in [5, 5.41) is 0.583. The van der Waals surface area contributed by atoms with Crippen LogP contribution in [0, 0.1) is 5.92 Å². The Balaban J connectivity index is 2.89. The van der Waals surface area contributed by atoms with Gasteiger partial charge >= 0.3 is 0 Å². The fraction of sp³-hybridized carbons (Fsp3) is 0.385. The van der Waals surface area contributed by atoms with Crippen LogP contribution >= 0.6 is 11.6 Å². The third-order valence-corrected chi connectivity index (χ3v) is 2.93. The van der Waals surface area contributed by atoms with Crippen molar-refractivity contribution >= 4 is 23.8 Å². The third kappa shape index (κ3) is 3.30. The molecule has 1 rings (SSSR count). The molecule has 0 aromatic heterocycles. The number of likely N-dealkylation sites (N-methyl/N-ethyl adjacent to an activating group) is 1. The number of hydrogen-bond donors (Lipinski definition) is 0. The number of carbonyl (C=O) groups excluding carboxylic acids is 2. The van der Waals surface area contributed by atoms with E-state index in [4.69, 9.17) is 11.6 Å². The van der Waals surface area contributed by atoms with Gasteiger partial charge in [-0.05, 0) is 30.2 Å². The molecule has 1 atom stereocenters. The first-order valence-corrected chi connectivity index (χ1v) is 5.83. The standard InChI is InChI=1S/C13H16ClNO2/c1-9(2)12(8-16)15(3)13(17)10-4-6-11(14)7-5-10/h4-9,12H,1-3H3/t12-/m1/s1. The van der Waals surface area contributed by atoms with Crippen LogP contribution < -0.4 is 0 Å². The molecule has 1 amide bonds. The van der Waals surface area contributed by atoms with Crippen LogP contribution in [0.2, 0.25) is 5.02 Å². The molecule has 0 aliphatic rings. The summed E-state index contributed by atoms with van der Waals surface area (Å²) >= 11 is 5.76. The van der Waals surface area contributed by atoms with Gasteiger partial charge in [-0.2, -0.15) is 0 Å². The lowest BCUT2D eigenvalue weighted by atomic mass is 10.0. The van der Waals surface area contributed by atoms with E-state index in [0.717, 1.165) is 6.29 Å². The Hall–Kier alpha value is -1.35. The number of aldehydes is 1. The van der Waals surface area contributed by atoms with Crippen molar-refractivity contribution in [2.75, 3.05) is 7.05 Å². The van der Waals surface area contributed by atoms with Gasteiger partial charge in [-0.3, -0.25) is 4.79 Å². The smallest absolute Gasteiger partial charge is 0.254 e. The molecule has 4 heteroatoms. The number of amides is 1. The Bertz CT molecular complexity index is 400. The molecule has 0 saturated carbocycles. The van der Waals surface area contributed by atoms with Gasteiger partial charge in [0.05, 0.1) is 6.04 Å². The van der Waals surface area contributed by atoms with Crippen LogP contribution in [0.1, 0.15) is 24.2 Å². The van der Waals surface area contributed by atoms with Gasteiger partial charge in [0.25, 0.3) is 5.91 Å². The Morgan fingerprint density at radius 1 is 1.29 bits per heavy atom. The van der Waals surface area contributed by atoms with E-state index in [-0.39, 0.29) is 11.8 Å². The van der Waals surface area contributed by atoms with Gasteiger partial charge in [-0.15, -0.1) is 0 Å². The van der Waals surface area contributed by atoms with E-state index >= 15 is 0 Å². The minimum atomic E-state index is -0.404. The van der Waals surface area contributed by atoms with Crippen LogP contribution in [0.15, 0.2) is 24.3 Å². The van der Waals surface area contributed by atoms with Crippen LogP contribution in [0.5, 0.6) is 0 Å². The molecule has 1 aromatic carbocycles. The number of nitrogens with zero attached hydrogens (tertiary/aromatic N) is 1. The molecule has 0 unspecified atom stereocenters. The zero-order valence-electron chi connectivity index (χ0n) is 10.2. The largest absolute Gasteiger partial charge is 0.332 e. The number of hydrogen-bond acceptors (Lipinski definition) is 2. The summed E-state index contributed by atoms with van der Waals surface area (Å²) in [6.07, 6.45) is 0.804. The SMILES string of the molecule is CC(C)[C@@H](C=O)N(C)C(=O)c1ccc(Cl)cc1. The molecule has 0 heterocycles. The second-order valence-electron chi connectivity index (χ2n) is 4.29. The predicted octanol–water partition coefficient (Wildman–Crippen LogP) is 2.64. The van der Waals surface area contributed by atoms with Crippen molar-refractivity contribution in [2.45, 2.75) is 19.9 Å². The van der Waals surface area contributed by atoms with Crippen molar-refractivity contribution in [3.8, 4) is 0 Å². The minimum absolute atomic E-state index is 0.0914. The van der Waals surface area contributed by atoms with Crippen molar-refractivity contribution in [3.63, 3.8) is 0 Å². The summed E-state index contributed by atoms with van der Waals surface area (Å²) < 4.78 is 0. The summed E-state index contributed by atoms with van der Waals surface area (Å²) in [6.45, 7) is 3.81. The predicted molar refractivity (Wildman–Crippen MR) is 68.2 cm³/mol. The third-order valence-electron chi connectivity index (χ3n) is 2.68. The molecule has 0 N–H and O–H groups in total. The minimum Gasteiger partial charge on any atom is -0.332 e. The van der Waals surface area contributed by atoms with Crippen molar-refractivity contribution in [2.24, 2.45) is 5.92 Å². The number of benzene rings is 1. The topological polar surface area (TPSA) is 37.4 Å². The van der Waals surface area contributed by atoms with Gasteiger partial charge in [0.15, 0.2) is 0 Å². The first-order chi connectivity index (χ1) is 7.97. The Labute approximate surface area is 106 Å². The van der Waals surface area contributed by atoms with Crippen molar-refractivity contribution in [1.82, 2.24) is 4.90 Å². The lowest BCUT2D eigenvalue weighted by molar-refractivity contribution is -0.112. The fourth-order valence-electron chi connectivity index (χ4n) is 1.63. The van der Waals surface area contributed by atoms with E-state index in [0.29, 0.717) is 10.6 Å². The van der Waals surface area contributed by atoms with Crippen molar-refractivity contribution < 1.29 is 9.59 Å². The maximum atomic E-state index is 12.1. The zero-order chi connectivity index (χ0) is 13.0. The molecule has 0 bridgehead atoms. The van der Waals surface area contributed by atoms with Crippen molar-refractivity contribution in [3.05, 3.63) is 34.9 Å². The zero-order valence-corrected chi connectivity index (χ0v) is 10.9. The van der Waals surface area contributed by atoms with E-state index in [1.807, 2.05) is 13.8 Å². The second kappa shape index (κ2) is 5.82. The molecule has 3 nitrogen and oxygen atoms in total. The lowest BCUT2D eigenvalue weighted by Gasteiger charge is -2.26. The first-order valence-electron chi connectivity index (χ1n) is 5.45. The summed E-state index contributed by atoms with van der Waals surface area (Å²) in [5.41, 5.74) is 0.532. The Kier molecular flexibility index (Phi) is 4.70. The normalized spacial score (nSPS) is 12.3. The van der Waals surface area contributed by atoms with E-state index in [1.54, 1.807) is 31.3 Å². The van der Waals surface area contributed by atoms with Gasteiger partial charge in [0.1, 0.15) is 6.29 Å². The average molecular weight is 254 g/mol. The van der Waals surface area contributed by atoms with Gasteiger partial charge in [0.2, 0.25) is 0 Å². The van der Waals surface area contributed by atoms with E-state index in [9.17, 15) is 9.59 Å². The van der Waals surface area contributed by atoms with Gasteiger partial charge in [-0.25, -0.2) is 0 Å². The lowest BCUT2D eigenvalue weighted by Crippen LogP contribution is -2.41. The van der Waals surface area contributed by atoms with Gasteiger partial charge in [-0.1, -0.05) is 25.4 Å². The molecule has 0 aliphatic carbocycles. The molecule has 0 fully saturated rings. The van der Waals surface area contributed by atoms with Crippen molar-refractivity contribution in [1.29, 1.82) is 0 Å². The van der Waals surface area contributed by atoms with E-state index in [2.05, 4.69) is 0 Å². The summed E-state index contributed by atoms with van der Waals surface area (Å²) in [5.74, 6) is -0.0822. The van der Waals surface area contributed by atoms with Crippen LogP contribution in [0.3, 0.4) is 0 Å². The maximum Gasteiger partial charge on any atom is 0.254 e. The average Bonchev–Trinajstić information content (AvgIpc) is 2.29. The second-order valence-corrected chi connectivity index (χ2v) is 4.73. The van der Waals surface area contributed by atoms with Gasteiger partial charge in [0, 0.05) is 17.6 Å². The Morgan fingerprint density at radius 3 is 2.24 bits per heavy atom. The molecule has 92 valence electrons. The molecular weight excluding hydrogens is 238 g/mol. The number of carbonyl (C=O) groups is 2. The van der Waals surface area contributed by atoms with E-state index < -0.39 is 6.04 Å². The molecule has 0 radical (unpaired) electrons. The molecule has 17 heavy (non-hydrogen) atoms.